The molecule has 20 heteroatoms. The van der Waals surface area contributed by atoms with Crippen molar-refractivity contribution in [1.29, 1.82) is 10.5 Å². The highest BCUT2D eigenvalue weighted by atomic mass is 16.7. The van der Waals surface area contributed by atoms with Gasteiger partial charge in [-0.1, -0.05) is 19.1 Å². The third-order valence-corrected chi connectivity index (χ3v) is 16.9. The van der Waals surface area contributed by atoms with Gasteiger partial charge in [-0.15, -0.1) is 0 Å². The van der Waals surface area contributed by atoms with E-state index in [9.17, 15) is 35.1 Å². The van der Waals surface area contributed by atoms with Crippen LogP contribution in [0.4, 0.5) is 0 Å². The van der Waals surface area contributed by atoms with Crippen LogP contribution in [0.1, 0.15) is 125 Å². The van der Waals surface area contributed by atoms with E-state index in [4.69, 9.17) is 42.6 Å². The van der Waals surface area contributed by atoms with Gasteiger partial charge in [-0.2, -0.15) is 10.5 Å². The minimum absolute atomic E-state index is 0.0287. The molecule has 2 fully saturated rings. The van der Waals surface area contributed by atoms with Crippen molar-refractivity contribution in [3.05, 3.63) is 90.3 Å². The van der Waals surface area contributed by atoms with Gasteiger partial charge in [-0.3, -0.25) is 24.2 Å². The van der Waals surface area contributed by atoms with E-state index >= 15 is 0 Å². The molecule has 0 saturated carbocycles. The summed E-state index contributed by atoms with van der Waals surface area (Å²) in [6, 6.07) is 6.02. The summed E-state index contributed by atoms with van der Waals surface area (Å²) in [5, 5.41) is 44.1. The Labute approximate surface area is 457 Å². The summed E-state index contributed by atoms with van der Waals surface area (Å²) in [7, 11) is 7.01. The normalized spacial score (nSPS) is 24.0. The first kappa shape index (κ1) is 52.7. The molecular weight excluding hydrogens is 1020 g/mol. The third-order valence-electron chi connectivity index (χ3n) is 16.9. The number of aromatic hydroxyl groups is 2. The van der Waals surface area contributed by atoms with Crippen LogP contribution in [0.3, 0.4) is 0 Å². The Balaban J connectivity index is 0.000000168. The number of ether oxygens (including phenoxy) is 9. The molecule has 0 aliphatic carbocycles. The Kier molecular flexibility index (Phi) is 13.0. The maximum Gasteiger partial charge on any atom is 0.308 e. The largest absolute Gasteiger partial charge is 0.504 e. The third kappa shape index (κ3) is 7.77. The summed E-state index contributed by atoms with van der Waals surface area (Å²) in [6.45, 7) is 13.5. The lowest BCUT2D eigenvalue weighted by atomic mass is 9.75. The van der Waals surface area contributed by atoms with Crippen molar-refractivity contribution in [1.82, 2.24) is 19.6 Å². The fourth-order valence-electron chi connectivity index (χ4n) is 13.9. The maximum atomic E-state index is 12.3. The summed E-state index contributed by atoms with van der Waals surface area (Å²) in [5.74, 6) is 2.42. The van der Waals surface area contributed by atoms with E-state index in [-0.39, 0.29) is 55.9 Å². The minimum Gasteiger partial charge on any atom is -0.504 e. The molecule has 0 amide bonds. The SMILES string of the molecule is CC[C@H]1c2c(c(OC(C)=O)c(C)c3c2OCO3)C=C2[C@H]3c4c(cc(C)c(OC)c4O)C[C@@H]([C@H](C#N)N21)N3C.COc1c(C)cc2c(c1O)[C@@H]1C3=Cc4c(OC(C)=O)c(C)c5c(c4[C@H](COC(C)=O)N3[C@@H](C#N)[C@H](C2)N1C)OCO5. The Morgan fingerprint density at radius 3 is 1.41 bits per heavy atom. The van der Waals surface area contributed by atoms with Gasteiger partial charge in [0.1, 0.15) is 30.2 Å². The fourth-order valence-corrected chi connectivity index (χ4v) is 13.9. The number of hydrogen-bond donors (Lipinski definition) is 2. The molecule has 8 aliphatic heterocycles. The van der Waals surface area contributed by atoms with Crippen LogP contribution in [0.5, 0.6) is 57.5 Å². The second kappa shape index (κ2) is 19.5. The number of carbonyl (C=O) groups excluding carboxylic acids is 3. The minimum atomic E-state index is -0.668. The van der Waals surface area contributed by atoms with E-state index in [0.29, 0.717) is 98.8 Å². The van der Waals surface area contributed by atoms with Crippen LogP contribution in [0.2, 0.25) is 0 Å². The second-order valence-electron chi connectivity index (χ2n) is 21.2. The van der Waals surface area contributed by atoms with Crippen molar-refractivity contribution >= 4 is 30.1 Å². The van der Waals surface area contributed by atoms with E-state index in [0.717, 1.165) is 44.6 Å². The van der Waals surface area contributed by atoms with Gasteiger partial charge < -0.3 is 62.6 Å². The molecular formula is C59H62N6O14. The molecule has 412 valence electrons. The van der Waals surface area contributed by atoms with E-state index in [1.807, 2.05) is 58.0 Å². The number of hydrogen-bond acceptors (Lipinski definition) is 20. The number of carbonyl (C=O) groups is 3. The molecule has 0 aromatic heterocycles. The molecule has 8 atom stereocenters. The number of likely N-dealkylation sites (N-methyl/N-ethyl adjacent to an activating group) is 2. The number of rotatable bonds is 7. The molecule has 4 aromatic carbocycles. The Morgan fingerprint density at radius 1 is 0.620 bits per heavy atom. The molecule has 0 spiro atoms. The van der Waals surface area contributed by atoms with Gasteiger partial charge >= 0.3 is 17.9 Å². The number of phenolic OH excluding ortho intramolecular Hbond substituents is 2. The molecule has 2 N–H and O–H groups in total. The lowest BCUT2D eigenvalue weighted by Crippen LogP contribution is -2.62. The molecule has 20 nitrogen and oxygen atoms in total. The van der Waals surface area contributed by atoms with E-state index < -0.39 is 42.1 Å². The van der Waals surface area contributed by atoms with Crippen molar-refractivity contribution in [3.8, 4) is 69.6 Å². The van der Waals surface area contributed by atoms with Crippen LogP contribution in [-0.2, 0) is 32.0 Å². The number of esters is 3. The van der Waals surface area contributed by atoms with Gasteiger partial charge in [-0.25, -0.2) is 0 Å². The molecule has 79 heavy (non-hydrogen) atoms. The van der Waals surface area contributed by atoms with Crippen LogP contribution in [0, 0.1) is 50.4 Å². The second-order valence-corrected chi connectivity index (χ2v) is 21.2. The molecule has 4 bridgehead atoms. The standard InChI is InChI=1S/C30H31N3O8.C29H31N3O6/c1-13-7-17-8-19-21(10-31)33-20(25(32(19)5)23(17)26(36)27(13)37-6)9-18-24(22(33)11-38-15(3)34)30-29(39-12-40-30)14(2)28(18)41-16(4)35;1-7-18-23-17(27(38-15(4)33)14(3)28-29(23)37-12-36-28)10-20-24-22-16(8-13(2)26(35-6)25(22)34)9-19(31(24)5)21(11-30)32(18)20/h7,9,19,21-22,25,36H,8,11-12H2,1-6H3;8,10,18-19,21,24,34H,7,9,12H2,1-6H3/t19-,21-,22-,25-;18-,19-,21-,24-/m00/s1. The van der Waals surface area contributed by atoms with Gasteiger partial charge in [0.25, 0.3) is 0 Å². The van der Waals surface area contributed by atoms with Crippen LogP contribution in [-0.4, -0.2) is 120 Å². The van der Waals surface area contributed by atoms with Crippen molar-refractivity contribution in [3.63, 3.8) is 0 Å². The lowest BCUT2D eigenvalue weighted by molar-refractivity contribution is -0.143. The molecule has 0 unspecified atom stereocenters. The molecule has 4 aromatic rings. The zero-order chi connectivity index (χ0) is 56.4. The average Bonchev–Trinajstić information content (AvgIpc) is 3.69. The summed E-state index contributed by atoms with van der Waals surface area (Å²) in [4.78, 5) is 44.9. The summed E-state index contributed by atoms with van der Waals surface area (Å²) < 4.78 is 51.8. The van der Waals surface area contributed by atoms with E-state index in [2.05, 4.69) is 39.8 Å². The maximum absolute atomic E-state index is 12.3. The van der Waals surface area contributed by atoms with Gasteiger partial charge in [0.2, 0.25) is 13.6 Å². The topological polar surface area (TPSA) is 235 Å². The zero-order valence-electron chi connectivity index (χ0n) is 46.1. The van der Waals surface area contributed by atoms with Gasteiger partial charge in [0.15, 0.2) is 46.0 Å². The van der Waals surface area contributed by atoms with Crippen molar-refractivity contribution in [2.75, 3.05) is 48.5 Å². The number of methoxy groups -OCH3 is 2. The average molecular weight is 1080 g/mol. The Morgan fingerprint density at radius 2 is 1.03 bits per heavy atom. The van der Waals surface area contributed by atoms with Crippen LogP contribution in [0.15, 0.2) is 23.5 Å². The number of aryl methyl sites for hydroxylation is 2. The van der Waals surface area contributed by atoms with Gasteiger partial charge in [-0.05, 0) is 95.5 Å². The first-order valence-corrected chi connectivity index (χ1v) is 26.3. The summed E-state index contributed by atoms with van der Waals surface area (Å²) in [5.41, 5.74) is 10.7. The van der Waals surface area contributed by atoms with E-state index in [1.165, 1.54) is 27.9 Å². The predicted molar refractivity (Wildman–Crippen MR) is 283 cm³/mol. The molecule has 12 rings (SSSR count). The van der Waals surface area contributed by atoms with Crippen molar-refractivity contribution in [2.24, 2.45) is 0 Å². The van der Waals surface area contributed by atoms with Crippen LogP contribution in [0.25, 0.3) is 12.2 Å². The number of fused-ring (bicyclic) bond motifs is 18. The monoisotopic (exact) mass is 1080 g/mol. The van der Waals surface area contributed by atoms with Crippen molar-refractivity contribution < 1.29 is 67.2 Å². The summed E-state index contributed by atoms with van der Waals surface area (Å²) >= 11 is 0. The zero-order valence-corrected chi connectivity index (χ0v) is 46.1. The molecule has 0 radical (unpaired) electrons. The number of nitriles is 2. The quantitative estimate of drug-likeness (QED) is 0.133. The fraction of sp³-hybridized carbons (Fsp3) is 0.441. The number of piperazine rings is 2. The number of nitrogens with zero attached hydrogens (tertiary/aromatic N) is 6. The highest BCUT2D eigenvalue weighted by molar-refractivity contribution is 5.83. The van der Waals surface area contributed by atoms with Crippen LogP contribution < -0.4 is 37.9 Å². The Bertz CT molecular complexity index is 3480. The molecule has 8 heterocycles. The smallest absolute Gasteiger partial charge is 0.308 e. The molecule has 2 saturated heterocycles. The summed E-state index contributed by atoms with van der Waals surface area (Å²) in [6.07, 6.45) is 5.70. The first-order chi connectivity index (χ1) is 37.8. The van der Waals surface area contributed by atoms with E-state index in [1.54, 1.807) is 14.0 Å². The lowest BCUT2D eigenvalue weighted by Gasteiger charge is -2.57. The Hall–Kier alpha value is -8.33. The highest BCUT2D eigenvalue weighted by Gasteiger charge is 2.56. The first-order valence-electron chi connectivity index (χ1n) is 26.3. The number of phenols is 2. The number of benzene rings is 4. The molecule has 8 aliphatic rings. The van der Waals surface area contributed by atoms with Crippen molar-refractivity contribution in [2.45, 2.75) is 123 Å². The van der Waals surface area contributed by atoms with Gasteiger partial charge in [0, 0.05) is 88.8 Å². The van der Waals surface area contributed by atoms with Gasteiger partial charge in [0.05, 0.1) is 50.5 Å². The highest BCUT2D eigenvalue weighted by Crippen LogP contribution is 2.62. The van der Waals surface area contributed by atoms with Crippen LogP contribution >= 0.6 is 0 Å². The predicted octanol–water partition coefficient (Wildman–Crippen LogP) is 7.72.